The molecule has 2 rings (SSSR count). The van der Waals surface area contributed by atoms with Crippen LogP contribution in [0.5, 0.6) is 5.75 Å². The van der Waals surface area contributed by atoms with Gasteiger partial charge >= 0.3 is 11.9 Å². The summed E-state index contributed by atoms with van der Waals surface area (Å²) >= 11 is 1.23. The van der Waals surface area contributed by atoms with E-state index in [0.717, 1.165) is 0 Å². The summed E-state index contributed by atoms with van der Waals surface area (Å²) in [5.74, 6) is -2.53. The minimum absolute atomic E-state index is 0.189. The number of aromatic carboxylic acids is 2. The van der Waals surface area contributed by atoms with Crippen molar-refractivity contribution in [1.82, 2.24) is 0 Å². The van der Waals surface area contributed by atoms with Crippen molar-refractivity contribution in [2.24, 2.45) is 0 Å². The van der Waals surface area contributed by atoms with Gasteiger partial charge in [-0.1, -0.05) is 17.8 Å². The average molecular weight is 304 g/mol. The normalized spacial score (nSPS) is 10.3. The maximum Gasteiger partial charge on any atom is 0.339 e. The fraction of sp³-hybridized carbons (Fsp3) is 0.0667. The van der Waals surface area contributed by atoms with Gasteiger partial charge in [0.15, 0.2) is 0 Å². The van der Waals surface area contributed by atoms with Crippen molar-refractivity contribution in [1.29, 1.82) is 0 Å². The highest BCUT2D eigenvalue weighted by Gasteiger charge is 2.12. The van der Waals surface area contributed by atoms with Gasteiger partial charge in [0.1, 0.15) is 11.3 Å². The summed E-state index contributed by atoms with van der Waals surface area (Å²) in [7, 11) is 0. The van der Waals surface area contributed by atoms with E-state index in [2.05, 4.69) is 0 Å². The summed E-state index contributed by atoms with van der Waals surface area (Å²) in [6.45, 7) is 1.71. The molecule has 108 valence electrons. The number of aryl methyl sites for hydroxylation is 1. The highest BCUT2D eigenvalue weighted by atomic mass is 32.2. The third kappa shape index (κ3) is 3.35. The number of carbonyl (C=O) groups is 2. The maximum atomic E-state index is 11.1. The SMILES string of the molecule is Cc1ccc(Sc2ccc(O)c(C(=O)O)c2)cc1C(=O)O. The molecule has 0 saturated heterocycles. The lowest BCUT2D eigenvalue weighted by atomic mass is 10.1. The zero-order valence-electron chi connectivity index (χ0n) is 11.0. The Labute approximate surface area is 124 Å². The number of benzene rings is 2. The zero-order valence-corrected chi connectivity index (χ0v) is 11.8. The van der Waals surface area contributed by atoms with Crippen LogP contribution in [-0.4, -0.2) is 27.3 Å². The van der Waals surface area contributed by atoms with Gasteiger partial charge in [0.25, 0.3) is 0 Å². The van der Waals surface area contributed by atoms with Crippen molar-refractivity contribution in [3.63, 3.8) is 0 Å². The predicted molar refractivity (Wildman–Crippen MR) is 77.3 cm³/mol. The summed E-state index contributed by atoms with van der Waals surface area (Å²) < 4.78 is 0. The van der Waals surface area contributed by atoms with Crippen LogP contribution in [0, 0.1) is 6.92 Å². The Balaban J connectivity index is 2.34. The first kappa shape index (κ1) is 14.9. The minimum Gasteiger partial charge on any atom is -0.507 e. The molecule has 21 heavy (non-hydrogen) atoms. The molecule has 0 amide bonds. The molecule has 3 N–H and O–H groups in total. The van der Waals surface area contributed by atoms with Crippen LogP contribution in [0.3, 0.4) is 0 Å². The number of rotatable bonds is 4. The Kier molecular flexibility index (Phi) is 4.18. The summed E-state index contributed by atoms with van der Waals surface area (Å²) in [5.41, 5.74) is 0.673. The molecule has 0 radical (unpaired) electrons. The lowest BCUT2D eigenvalue weighted by Crippen LogP contribution is -1.99. The summed E-state index contributed by atoms with van der Waals surface area (Å²) in [6.07, 6.45) is 0. The van der Waals surface area contributed by atoms with Crippen LogP contribution in [-0.2, 0) is 0 Å². The van der Waals surface area contributed by atoms with Gasteiger partial charge in [0.05, 0.1) is 5.56 Å². The maximum absolute atomic E-state index is 11.1. The molecule has 0 saturated carbocycles. The first-order chi connectivity index (χ1) is 9.88. The van der Waals surface area contributed by atoms with Crippen LogP contribution in [0.2, 0.25) is 0 Å². The van der Waals surface area contributed by atoms with E-state index in [1.807, 2.05) is 0 Å². The molecule has 0 aliphatic carbocycles. The summed E-state index contributed by atoms with van der Waals surface area (Å²) in [6, 6.07) is 9.23. The van der Waals surface area contributed by atoms with Crippen LogP contribution in [0.25, 0.3) is 0 Å². The molecular weight excluding hydrogens is 292 g/mol. The Hall–Kier alpha value is -2.47. The fourth-order valence-corrected chi connectivity index (χ4v) is 2.68. The number of phenols is 1. The van der Waals surface area contributed by atoms with E-state index in [9.17, 15) is 14.7 Å². The van der Waals surface area contributed by atoms with Crippen LogP contribution in [0.1, 0.15) is 26.3 Å². The average Bonchev–Trinajstić information content (AvgIpc) is 2.42. The standard InChI is InChI=1S/C15H12O5S/c1-8-2-3-9(6-11(8)14(17)18)21-10-4-5-13(16)12(7-10)15(19)20/h2-7,16H,1H3,(H,17,18)(H,19,20). The number of hydrogen-bond donors (Lipinski definition) is 3. The second-order valence-corrected chi connectivity index (χ2v) is 5.51. The quantitative estimate of drug-likeness (QED) is 0.802. The molecule has 0 aromatic heterocycles. The van der Waals surface area contributed by atoms with Gasteiger partial charge in [-0.3, -0.25) is 0 Å². The van der Waals surface area contributed by atoms with Crippen LogP contribution >= 0.6 is 11.8 Å². The molecule has 5 nitrogen and oxygen atoms in total. The van der Waals surface area contributed by atoms with E-state index < -0.39 is 11.9 Å². The van der Waals surface area contributed by atoms with Gasteiger partial charge in [0, 0.05) is 9.79 Å². The van der Waals surface area contributed by atoms with Gasteiger partial charge in [-0.25, -0.2) is 9.59 Å². The van der Waals surface area contributed by atoms with Gasteiger partial charge in [-0.2, -0.15) is 0 Å². The largest absolute Gasteiger partial charge is 0.507 e. The Morgan fingerprint density at radius 3 is 2.00 bits per heavy atom. The highest BCUT2D eigenvalue weighted by Crippen LogP contribution is 2.32. The molecule has 2 aromatic carbocycles. The molecule has 0 aliphatic heterocycles. The molecule has 0 fully saturated rings. The first-order valence-corrected chi connectivity index (χ1v) is 6.78. The number of aromatic hydroxyl groups is 1. The highest BCUT2D eigenvalue weighted by molar-refractivity contribution is 7.99. The minimum atomic E-state index is -1.22. The molecule has 0 bridgehead atoms. The Morgan fingerprint density at radius 2 is 1.43 bits per heavy atom. The lowest BCUT2D eigenvalue weighted by Gasteiger charge is -2.07. The van der Waals surface area contributed by atoms with E-state index >= 15 is 0 Å². The Bertz CT molecular complexity index is 662. The van der Waals surface area contributed by atoms with Gasteiger partial charge in [0.2, 0.25) is 0 Å². The predicted octanol–water partition coefficient (Wildman–Crippen LogP) is 3.25. The van der Waals surface area contributed by atoms with Crippen molar-refractivity contribution >= 4 is 23.7 Å². The molecule has 0 heterocycles. The van der Waals surface area contributed by atoms with Crippen molar-refractivity contribution < 1.29 is 24.9 Å². The first-order valence-electron chi connectivity index (χ1n) is 5.96. The number of carboxylic acids is 2. The monoisotopic (exact) mass is 304 g/mol. The zero-order chi connectivity index (χ0) is 15.6. The third-order valence-corrected chi connectivity index (χ3v) is 3.85. The van der Waals surface area contributed by atoms with Crippen LogP contribution < -0.4 is 0 Å². The van der Waals surface area contributed by atoms with Gasteiger partial charge in [-0.05, 0) is 42.8 Å². The number of hydrogen-bond acceptors (Lipinski definition) is 4. The smallest absolute Gasteiger partial charge is 0.339 e. The second kappa shape index (κ2) is 5.88. The van der Waals surface area contributed by atoms with Crippen molar-refractivity contribution in [3.05, 3.63) is 53.1 Å². The molecule has 2 aromatic rings. The van der Waals surface area contributed by atoms with Crippen LogP contribution in [0.15, 0.2) is 46.2 Å². The fourth-order valence-electron chi connectivity index (χ4n) is 1.78. The Morgan fingerprint density at radius 1 is 0.905 bits per heavy atom. The van der Waals surface area contributed by atoms with Crippen molar-refractivity contribution in [3.8, 4) is 5.75 Å². The van der Waals surface area contributed by atoms with E-state index in [-0.39, 0.29) is 16.9 Å². The molecule has 6 heteroatoms. The third-order valence-electron chi connectivity index (χ3n) is 2.87. The summed E-state index contributed by atoms with van der Waals surface area (Å²) in [4.78, 5) is 23.3. The van der Waals surface area contributed by atoms with Gasteiger partial charge in [-0.15, -0.1) is 0 Å². The van der Waals surface area contributed by atoms with E-state index in [1.54, 1.807) is 25.1 Å². The van der Waals surface area contributed by atoms with Crippen LogP contribution in [0.4, 0.5) is 0 Å². The van der Waals surface area contributed by atoms with E-state index in [0.29, 0.717) is 15.4 Å². The van der Waals surface area contributed by atoms with Crippen molar-refractivity contribution in [2.45, 2.75) is 16.7 Å². The summed E-state index contributed by atoms with van der Waals surface area (Å²) in [5, 5.41) is 27.5. The molecule has 0 spiro atoms. The second-order valence-electron chi connectivity index (χ2n) is 4.37. The van der Waals surface area contributed by atoms with E-state index in [4.69, 9.17) is 10.2 Å². The molecule has 0 atom stereocenters. The van der Waals surface area contributed by atoms with Crippen molar-refractivity contribution in [2.75, 3.05) is 0 Å². The number of carboxylic acid groups (broad SMARTS) is 2. The van der Waals surface area contributed by atoms with E-state index in [1.165, 1.54) is 30.0 Å². The molecule has 0 unspecified atom stereocenters. The lowest BCUT2D eigenvalue weighted by molar-refractivity contribution is 0.0683. The molecular formula is C15H12O5S. The van der Waals surface area contributed by atoms with Gasteiger partial charge < -0.3 is 15.3 Å². The molecule has 0 aliphatic rings. The topological polar surface area (TPSA) is 94.8 Å².